The normalized spacial score (nSPS) is 17.7. The maximum atomic E-state index is 12.4. The summed E-state index contributed by atoms with van der Waals surface area (Å²) < 4.78 is 0. The summed E-state index contributed by atoms with van der Waals surface area (Å²) in [5.41, 5.74) is 2.64. The first-order valence-corrected chi connectivity index (χ1v) is 13.0. The number of rotatable bonds is 14. The lowest BCUT2D eigenvalue weighted by Crippen LogP contribution is -2.33. The van der Waals surface area contributed by atoms with E-state index in [-0.39, 0.29) is 17.9 Å². The predicted octanol–water partition coefficient (Wildman–Crippen LogP) is 5.66. The maximum absolute atomic E-state index is 12.4. The number of amides is 1. The van der Waals surface area contributed by atoms with Gasteiger partial charge < -0.3 is 15.1 Å². The highest BCUT2D eigenvalue weighted by Gasteiger charge is 2.28. The Bertz CT molecular complexity index is 971. The van der Waals surface area contributed by atoms with Crippen molar-refractivity contribution in [2.24, 2.45) is 5.92 Å². The SMILES string of the molecule is C[C@@H](CCCCCc1ccccc1)[C@@H](O)C=C[C@H]1CCC(=O)N1CCCc1cccc(C(=O)O)c1. The van der Waals surface area contributed by atoms with Crippen LogP contribution in [0.2, 0.25) is 0 Å². The molecule has 1 fully saturated rings. The van der Waals surface area contributed by atoms with E-state index < -0.39 is 12.1 Å². The lowest BCUT2D eigenvalue weighted by atomic mass is 9.95. The van der Waals surface area contributed by atoms with E-state index in [1.54, 1.807) is 18.2 Å². The van der Waals surface area contributed by atoms with Crippen LogP contribution in [0, 0.1) is 5.92 Å². The fraction of sp³-hybridized carbons (Fsp3) is 0.467. The zero-order chi connectivity index (χ0) is 25.0. The second-order valence-corrected chi connectivity index (χ2v) is 9.74. The minimum Gasteiger partial charge on any atom is -0.478 e. The molecule has 0 spiro atoms. The zero-order valence-electron chi connectivity index (χ0n) is 20.8. The standard InChI is InChI=1S/C30H39NO4/c1-23(10-4-2-5-11-24-12-6-3-7-13-24)28(32)19-17-27-18-20-29(33)31(27)21-9-15-25-14-8-16-26(22-25)30(34)35/h3,6-8,12-14,16-17,19,22-23,27-28,32H,2,4-5,9-11,15,18,20-21H2,1H3,(H,34,35)/t23-,27-,28-/m0/s1. The highest BCUT2D eigenvalue weighted by Crippen LogP contribution is 2.22. The van der Waals surface area contributed by atoms with Crippen molar-refractivity contribution < 1.29 is 19.8 Å². The molecule has 2 aromatic rings. The third kappa shape index (κ3) is 8.66. The van der Waals surface area contributed by atoms with E-state index in [0.29, 0.717) is 18.5 Å². The van der Waals surface area contributed by atoms with Crippen molar-refractivity contribution in [1.29, 1.82) is 0 Å². The van der Waals surface area contributed by atoms with Gasteiger partial charge in [-0.3, -0.25) is 4.79 Å². The number of carbonyl (C=O) groups excluding carboxylic acids is 1. The number of aryl methyl sites for hydroxylation is 2. The van der Waals surface area contributed by atoms with Crippen LogP contribution in [0.3, 0.4) is 0 Å². The second kappa shape index (κ2) is 13.8. The first-order valence-electron chi connectivity index (χ1n) is 13.0. The number of aliphatic hydroxyl groups excluding tert-OH is 1. The van der Waals surface area contributed by atoms with Gasteiger partial charge >= 0.3 is 5.97 Å². The topological polar surface area (TPSA) is 77.8 Å². The maximum Gasteiger partial charge on any atom is 0.335 e. The molecule has 1 heterocycles. The number of carboxylic acid groups (broad SMARTS) is 1. The number of aliphatic hydroxyl groups is 1. The molecule has 1 saturated heterocycles. The van der Waals surface area contributed by atoms with Gasteiger partial charge in [0.15, 0.2) is 0 Å². The molecule has 5 heteroatoms. The Morgan fingerprint density at radius 1 is 1.03 bits per heavy atom. The van der Waals surface area contributed by atoms with Crippen LogP contribution < -0.4 is 0 Å². The Hall–Kier alpha value is -2.92. The van der Waals surface area contributed by atoms with Gasteiger partial charge in [-0.05, 0) is 67.7 Å². The van der Waals surface area contributed by atoms with Gasteiger partial charge in [-0.2, -0.15) is 0 Å². The lowest BCUT2D eigenvalue weighted by molar-refractivity contribution is -0.128. The van der Waals surface area contributed by atoms with Crippen LogP contribution in [0.15, 0.2) is 66.7 Å². The van der Waals surface area contributed by atoms with Crippen LogP contribution in [0.5, 0.6) is 0 Å². The van der Waals surface area contributed by atoms with Crippen molar-refractivity contribution >= 4 is 11.9 Å². The van der Waals surface area contributed by atoms with Crippen molar-refractivity contribution in [2.45, 2.75) is 76.9 Å². The Morgan fingerprint density at radius 2 is 1.77 bits per heavy atom. The summed E-state index contributed by atoms with van der Waals surface area (Å²) in [6.07, 6.45) is 11.7. The molecule has 3 atom stereocenters. The molecule has 3 rings (SSSR count). The van der Waals surface area contributed by atoms with Crippen molar-refractivity contribution in [3.8, 4) is 0 Å². The van der Waals surface area contributed by atoms with E-state index in [4.69, 9.17) is 5.11 Å². The molecule has 0 aliphatic carbocycles. The van der Waals surface area contributed by atoms with Crippen LogP contribution in [-0.4, -0.2) is 45.7 Å². The molecule has 1 amide bonds. The van der Waals surface area contributed by atoms with E-state index in [0.717, 1.165) is 50.5 Å². The molecule has 0 radical (unpaired) electrons. The summed E-state index contributed by atoms with van der Waals surface area (Å²) in [4.78, 5) is 25.5. The average Bonchev–Trinajstić information content (AvgIpc) is 3.22. The Kier molecular flexibility index (Phi) is 10.5. The minimum absolute atomic E-state index is 0.0283. The first kappa shape index (κ1) is 26.7. The first-order chi connectivity index (χ1) is 16.9. The molecule has 1 aliphatic heterocycles. The molecule has 0 aromatic heterocycles. The van der Waals surface area contributed by atoms with Crippen LogP contribution >= 0.6 is 0 Å². The van der Waals surface area contributed by atoms with E-state index in [2.05, 4.69) is 31.2 Å². The summed E-state index contributed by atoms with van der Waals surface area (Å²) in [5, 5.41) is 19.8. The number of hydrogen-bond acceptors (Lipinski definition) is 3. The van der Waals surface area contributed by atoms with Gasteiger partial charge in [0, 0.05) is 13.0 Å². The van der Waals surface area contributed by atoms with Gasteiger partial charge in [-0.15, -0.1) is 0 Å². The van der Waals surface area contributed by atoms with Crippen molar-refractivity contribution in [2.75, 3.05) is 6.54 Å². The van der Waals surface area contributed by atoms with E-state index in [1.165, 1.54) is 12.0 Å². The highest BCUT2D eigenvalue weighted by atomic mass is 16.4. The number of nitrogens with zero attached hydrogens (tertiary/aromatic N) is 1. The van der Waals surface area contributed by atoms with Crippen LogP contribution in [0.25, 0.3) is 0 Å². The molecule has 0 bridgehead atoms. The van der Waals surface area contributed by atoms with Crippen LogP contribution in [0.4, 0.5) is 0 Å². The quantitative estimate of drug-likeness (QED) is 0.272. The highest BCUT2D eigenvalue weighted by molar-refractivity contribution is 5.87. The van der Waals surface area contributed by atoms with Crippen molar-refractivity contribution in [3.63, 3.8) is 0 Å². The number of carbonyl (C=O) groups is 2. The van der Waals surface area contributed by atoms with Gasteiger partial charge in [0.1, 0.15) is 0 Å². The molecule has 2 N–H and O–H groups in total. The van der Waals surface area contributed by atoms with Gasteiger partial charge in [-0.25, -0.2) is 4.79 Å². The number of unbranched alkanes of at least 4 members (excludes halogenated alkanes) is 2. The largest absolute Gasteiger partial charge is 0.478 e. The number of benzene rings is 2. The Morgan fingerprint density at radius 3 is 2.54 bits per heavy atom. The van der Waals surface area contributed by atoms with Crippen LogP contribution in [-0.2, 0) is 17.6 Å². The molecule has 188 valence electrons. The molecule has 0 saturated carbocycles. The lowest BCUT2D eigenvalue weighted by Gasteiger charge is -2.23. The average molecular weight is 478 g/mol. The summed E-state index contributed by atoms with van der Waals surface area (Å²) >= 11 is 0. The zero-order valence-corrected chi connectivity index (χ0v) is 20.8. The summed E-state index contributed by atoms with van der Waals surface area (Å²) in [6.45, 7) is 2.73. The molecule has 35 heavy (non-hydrogen) atoms. The van der Waals surface area contributed by atoms with E-state index in [9.17, 15) is 14.7 Å². The smallest absolute Gasteiger partial charge is 0.335 e. The van der Waals surface area contributed by atoms with Crippen LogP contribution in [0.1, 0.15) is 73.4 Å². The summed E-state index contributed by atoms with van der Waals surface area (Å²) in [7, 11) is 0. The Labute approximate surface area is 209 Å². The van der Waals surface area contributed by atoms with Gasteiger partial charge in [0.2, 0.25) is 5.91 Å². The second-order valence-electron chi connectivity index (χ2n) is 9.74. The third-order valence-corrected chi connectivity index (χ3v) is 6.99. The predicted molar refractivity (Wildman–Crippen MR) is 139 cm³/mol. The molecular weight excluding hydrogens is 438 g/mol. The Balaban J connectivity index is 1.38. The van der Waals surface area contributed by atoms with Crippen molar-refractivity contribution in [1.82, 2.24) is 4.90 Å². The van der Waals surface area contributed by atoms with E-state index in [1.807, 2.05) is 29.2 Å². The fourth-order valence-corrected chi connectivity index (χ4v) is 4.78. The minimum atomic E-state index is -0.924. The van der Waals surface area contributed by atoms with Gasteiger partial charge in [0.25, 0.3) is 0 Å². The molecule has 5 nitrogen and oxygen atoms in total. The van der Waals surface area contributed by atoms with Gasteiger partial charge in [0.05, 0.1) is 17.7 Å². The number of hydrogen-bond donors (Lipinski definition) is 2. The molecule has 0 unspecified atom stereocenters. The molecule has 1 aliphatic rings. The third-order valence-electron chi connectivity index (χ3n) is 6.99. The van der Waals surface area contributed by atoms with Crippen molar-refractivity contribution in [3.05, 3.63) is 83.4 Å². The number of likely N-dealkylation sites (tertiary alicyclic amines) is 1. The molecular formula is C30H39NO4. The van der Waals surface area contributed by atoms with Gasteiger partial charge in [-0.1, -0.05) is 74.4 Å². The fourth-order valence-electron chi connectivity index (χ4n) is 4.78. The number of aromatic carboxylic acids is 1. The van der Waals surface area contributed by atoms with E-state index >= 15 is 0 Å². The summed E-state index contributed by atoms with van der Waals surface area (Å²) in [6, 6.07) is 17.6. The monoisotopic (exact) mass is 477 g/mol. The summed E-state index contributed by atoms with van der Waals surface area (Å²) in [5.74, 6) is -0.582. The molecule has 2 aromatic carbocycles. The number of carboxylic acids is 1.